The first kappa shape index (κ1) is 26.6. The highest BCUT2D eigenvalue weighted by atomic mass is 16.6. The molecule has 0 fully saturated rings. The molecular formula is C24H30N2O8. The monoisotopic (exact) mass is 474 g/mol. The minimum atomic E-state index is -2.37. The Kier molecular flexibility index (Phi) is 8.56. The summed E-state index contributed by atoms with van der Waals surface area (Å²) in [7, 11) is 0. The predicted molar refractivity (Wildman–Crippen MR) is 121 cm³/mol. The number of carbonyl (C=O) groups is 5. The van der Waals surface area contributed by atoms with Crippen molar-refractivity contribution in [1.82, 2.24) is 10.2 Å². The Labute approximate surface area is 198 Å². The van der Waals surface area contributed by atoms with Crippen LogP contribution in [-0.2, 0) is 23.8 Å². The van der Waals surface area contributed by atoms with Crippen LogP contribution >= 0.6 is 0 Å². The van der Waals surface area contributed by atoms with Gasteiger partial charge in [-0.1, -0.05) is 24.3 Å². The molecule has 0 aliphatic carbocycles. The van der Waals surface area contributed by atoms with E-state index in [2.05, 4.69) is 5.32 Å². The Balaban J connectivity index is 2.39. The fourth-order valence-electron chi connectivity index (χ4n) is 3.35. The molecule has 0 saturated heterocycles. The maximum atomic E-state index is 13.2. The third-order valence-electron chi connectivity index (χ3n) is 4.75. The Hall–Kier alpha value is -3.69. The largest absolute Gasteiger partial charge is 0.464 e. The van der Waals surface area contributed by atoms with Crippen molar-refractivity contribution in [2.45, 2.75) is 52.2 Å². The van der Waals surface area contributed by atoms with Gasteiger partial charge in [-0.25, -0.2) is 19.3 Å². The molecule has 0 bridgehead atoms. The van der Waals surface area contributed by atoms with Gasteiger partial charge in [-0.2, -0.15) is 0 Å². The number of benzene rings is 1. The summed E-state index contributed by atoms with van der Waals surface area (Å²) in [4.78, 5) is 65.1. The summed E-state index contributed by atoms with van der Waals surface area (Å²) in [6.45, 7) is 8.07. The molecule has 0 spiro atoms. The van der Waals surface area contributed by atoms with Crippen LogP contribution in [0, 0.1) is 0 Å². The second kappa shape index (κ2) is 11.0. The molecule has 1 aliphatic rings. The van der Waals surface area contributed by atoms with E-state index in [1.807, 2.05) is 0 Å². The van der Waals surface area contributed by atoms with E-state index >= 15 is 0 Å². The van der Waals surface area contributed by atoms with Gasteiger partial charge in [-0.15, -0.1) is 0 Å². The number of amides is 3. The average molecular weight is 475 g/mol. The van der Waals surface area contributed by atoms with Gasteiger partial charge in [-0.05, 0) is 46.8 Å². The Morgan fingerprint density at radius 3 is 1.85 bits per heavy atom. The number of rotatable bonds is 9. The highest BCUT2D eigenvalue weighted by Crippen LogP contribution is 2.34. The lowest BCUT2D eigenvalue weighted by molar-refractivity contribution is -0.171. The van der Waals surface area contributed by atoms with Gasteiger partial charge in [0.1, 0.15) is 5.60 Å². The van der Waals surface area contributed by atoms with Gasteiger partial charge >= 0.3 is 18.0 Å². The molecule has 34 heavy (non-hydrogen) atoms. The maximum Gasteiger partial charge on any atom is 0.407 e. The molecule has 3 amide bonds. The third kappa shape index (κ3) is 5.62. The number of carbonyl (C=O) groups excluding carboxylic acids is 5. The average Bonchev–Trinajstić information content (AvgIpc) is 3.01. The van der Waals surface area contributed by atoms with Crippen molar-refractivity contribution < 1.29 is 38.2 Å². The Bertz CT molecular complexity index is 940. The summed E-state index contributed by atoms with van der Waals surface area (Å²) in [5.41, 5.74) is -2.91. The number of alkyl carbamates (subject to hydrolysis) is 1. The predicted octanol–water partition coefficient (Wildman–Crippen LogP) is 2.62. The van der Waals surface area contributed by atoms with Crippen LogP contribution in [0.4, 0.5) is 4.79 Å². The molecule has 0 atom stereocenters. The first-order valence-corrected chi connectivity index (χ1v) is 10.9. The van der Waals surface area contributed by atoms with Gasteiger partial charge in [0.15, 0.2) is 0 Å². The standard InChI is InChI=1S/C24H30N2O8/c1-6-32-20(29)24(21(30)33-7-2,14-10-11-15-25-22(31)34-23(3,4)5)26-18(27)16-12-8-9-13-17(16)19(26)28/h8-13H,6-7,14-15H2,1-5H3,(H,25,31). The van der Waals surface area contributed by atoms with Crippen molar-refractivity contribution >= 4 is 29.8 Å². The van der Waals surface area contributed by atoms with Gasteiger partial charge < -0.3 is 19.5 Å². The molecule has 2 rings (SSSR count). The van der Waals surface area contributed by atoms with E-state index in [0.717, 1.165) is 0 Å². The van der Waals surface area contributed by atoms with Crippen LogP contribution < -0.4 is 5.32 Å². The number of hydrogen-bond acceptors (Lipinski definition) is 8. The molecule has 1 aromatic carbocycles. The number of nitrogens with one attached hydrogen (secondary N) is 1. The quantitative estimate of drug-likeness (QED) is 0.190. The van der Waals surface area contributed by atoms with Crippen molar-refractivity contribution in [3.63, 3.8) is 0 Å². The third-order valence-corrected chi connectivity index (χ3v) is 4.75. The topological polar surface area (TPSA) is 128 Å². The molecule has 10 heteroatoms. The molecule has 0 radical (unpaired) electrons. The zero-order valence-electron chi connectivity index (χ0n) is 20.0. The van der Waals surface area contributed by atoms with E-state index in [-0.39, 0.29) is 30.9 Å². The van der Waals surface area contributed by atoms with E-state index in [9.17, 15) is 24.0 Å². The molecule has 10 nitrogen and oxygen atoms in total. The summed E-state index contributed by atoms with van der Waals surface area (Å²) in [6, 6.07) is 6.03. The van der Waals surface area contributed by atoms with Crippen LogP contribution in [0.1, 0.15) is 61.8 Å². The number of nitrogens with zero attached hydrogens (tertiary/aromatic N) is 1. The smallest absolute Gasteiger partial charge is 0.407 e. The van der Waals surface area contributed by atoms with Crippen molar-refractivity contribution in [2.75, 3.05) is 19.8 Å². The van der Waals surface area contributed by atoms with Gasteiger partial charge in [0.2, 0.25) is 5.54 Å². The summed E-state index contributed by atoms with van der Waals surface area (Å²) in [6.07, 6.45) is 1.80. The number of ether oxygens (including phenoxy) is 3. The van der Waals surface area contributed by atoms with Crippen molar-refractivity contribution in [1.29, 1.82) is 0 Å². The number of imide groups is 1. The highest BCUT2D eigenvalue weighted by Gasteiger charge is 2.60. The molecule has 1 aromatic rings. The summed E-state index contributed by atoms with van der Waals surface area (Å²) < 4.78 is 15.4. The van der Waals surface area contributed by atoms with E-state index < -0.39 is 47.4 Å². The SMILES string of the molecule is CCOC(=O)C(CC=CCNC(=O)OC(C)(C)C)(C(=O)OCC)N1C(=O)c2ccccc2C1=O. The molecule has 0 saturated carbocycles. The lowest BCUT2D eigenvalue weighted by Crippen LogP contribution is -2.63. The maximum absolute atomic E-state index is 13.2. The minimum absolute atomic E-state index is 0.0127. The Morgan fingerprint density at radius 1 is 0.912 bits per heavy atom. The fraction of sp³-hybridized carbons (Fsp3) is 0.458. The van der Waals surface area contributed by atoms with Crippen molar-refractivity contribution in [3.8, 4) is 0 Å². The molecule has 184 valence electrons. The summed E-state index contributed by atoms with van der Waals surface area (Å²) in [5.74, 6) is -3.79. The zero-order chi connectivity index (χ0) is 25.5. The molecule has 1 aliphatic heterocycles. The van der Waals surface area contributed by atoms with Crippen LogP contribution in [-0.4, -0.2) is 65.6 Å². The van der Waals surface area contributed by atoms with Gasteiger partial charge in [0, 0.05) is 13.0 Å². The van der Waals surface area contributed by atoms with Crippen molar-refractivity contribution in [3.05, 3.63) is 47.5 Å². The molecule has 0 unspecified atom stereocenters. The molecule has 1 heterocycles. The van der Waals surface area contributed by atoms with E-state index in [1.165, 1.54) is 38.1 Å². The second-order valence-electron chi connectivity index (χ2n) is 8.35. The van der Waals surface area contributed by atoms with Crippen molar-refractivity contribution in [2.24, 2.45) is 0 Å². The second-order valence-corrected chi connectivity index (χ2v) is 8.35. The van der Waals surface area contributed by atoms with Crippen LogP contribution in [0.2, 0.25) is 0 Å². The summed E-state index contributed by atoms with van der Waals surface area (Å²) >= 11 is 0. The van der Waals surface area contributed by atoms with E-state index in [4.69, 9.17) is 14.2 Å². The highest BCUT2D eigenvalue weighted by molar-refractivity contribution is 6.26. The van der Waals surface area contributed by atoms with E-state index in [0.29, 0.717) is 4.90 Å². The van der Waals surface area contributed by atoms with Crippen LogP contribution in [0.25, 0.3) is 0 Å². The normalized spacial score (nSPS) is 13.6. The number of fused-ring (bicyclic) bond motifs is 1. The Morgan fingerprint density at radius 2 is 1.41 bits per heavy atom. The summed E-state index contributed by atoms with van der Waals surface area (Å²) in [5, 5.41) is 2.51. The lowest BCUT2D eigenvalue weighted by atomic mass is 9.92. The van der Waals surface area contributed by atoms with E-state index in [1.54, 1.807) is 32.9 Å². The first-order chi connectivity index (χ1) is 16.0. The lowest BCUT2D eigenvalue weighted by Gasteiger charge is -2.35. The van der Waals surface area contributed by atoms with Crippen LogP contribution in [0.3, 0.4) is 0 Å². The van der Waals surface area contributed by atoms with Gasteiger partial charge in [-0.3, -0.25) is 9.59 Å². The van der Waals surface area contributed by atoms with Gasteiger partial charge in [0.25, 0.3) is 11.8 Å². The first-order valence-electron chi connectivity index (χ1n) is 10.9. The fourth-order valence-corrected chi connectivity index (χ4v) is 3.35. The number of esters is 2. The molecule has 0 aromatic heterocycles. The van der Waals surface area contributed by atoms with Crippen LogP contribution in [0.15, 0.2) is 36.4 Å². The van der Waals surface area contributed by atoms with Crippen LogP contribution in [0.5, 0.6) is 0 Å². The number of hydrogen-bond donors (Lipinski definition) is 1. The molecular weight excluding hydrogens is 444 g/mol. The molecule has 1 N–H and O–H groups in total. The zero-order valence-corrected chi connectivity index (χ0v) is 20.0. The van der Waals surface area contributed by atoms with Gasteiger partial charge in [0.05, 0.1) is 24.3 Å². The minimum Gasteiger partial charge on any atom is -0.464 e.